The molecule has 1 heterocycles. The van der Waals surface area contributed by atoms with E-state index in [2.05, 4.69) is 25.9 Å². The Kier molecular flexibility index (Phi) is 3.61. The van der Waals surface area contributed by atoms with Crippen molar-refractivity contribution in [1.82, 2.24) is 9.97 Å². The van der Waals surface area contributed by atoms with Crippen LogP contribution in [0.1, 0.15) is 5.69 Å². The molecule has 0 bridgehead atoms. The number of benzene rings is 1. The van der Waals surface area contributed by atoms with Crippen LogP contribution in [-0.4, -0.2) is 14.9 Å². The number of hydrogen-bond acceptors (Lipinski definition) is 6. The highest BCUT2D eigenvalue weighted by Crippen LogP contribution is 2.30. The lowest BCUT2D eigenvalue weighted by atomic mass is 10.3. The van der Waals surface area contributed by atoms with Crippen molar-refractivity contribution in [3.8, 4) is 11.6 Å². The number of aromatic nitrogens is 2. The van der Waals surface area contributed by atoms with Gasteiger partial charge >= 0.3 is 0 Å². The summed E-state index contributed by atoms with van der Waals surface area (Å²) >= 11 is 3.30. The van der Waals surface area contributed by atoms with Crippen molar-refractivity contribution in [2.75, 3.05) is 5.73 Å². The van der Waals surface area contributed by atoms with Crippen LogP contribution in [0.25, 0.3) is 0 Å². The molecular weight excluding hydrogens is 316 g/mol. The Morgan fingerprint density at radius 1 is 1.32 bits per heavy atom. The minimum atomic E-state index is -0.480. The number of hydrogen-bond donors (Lipinski definition) is 1. The van der Waals surface area contributed by atoms with Crippen LogP contribution in [-0.2, 0) is 0 Å². The van der Waals surface area contributed by atoms with Crippen LogP contribution < -0.4 is 10.5 Å². The fraction of sp³-hybridized carbons (Fsp3) is 0.0909. The minimum absolute atomic E-state index is 0.00945. The molecule has 0 radical (unpaired) electrons. The second kappa shape index (κ2) is 5.19. The van der Waals surface area contributed by atoms with Crippen molar-refractivity contribution in [1.29, 1.82) is 0 Å². The Hall–Kier alpha value is -2.22. The van der Waals surface area contributed by atoms with E-state index < -0.39 is 4.92 Å². The van der Waals surface area contributed by atoms with Gasteiger partial charge in [0.2, 0.25) is 11.8 Å². The van der Waals surface area contributed by atoms with Crippen LogP contribution in [0.3, 0.4) is 0 Å². The molecule has 19 heavy (non-hydrogen) atoms. The van der Waals surface area contributed by atoms with E-state index in [4.69, 9.17) is 10.5 Å². The Bertz CT molecular complexity index is 631. The molecule has 2 N–H and O–H groups in total. The van der Waals surface area contributed by atoms with Gasteiger partial charge in [-0.25, -0.2) is 4.98 Å². The van der Waals surface area contributed by atoms with E-state index in [0.717, 1.165) is 0 Å². The van der Waals surface area contributed by atoms with Gasteiger partial charge in [-0.15, -0.1) is 0 Å². The molecule has 0 saturated carbocycles. The predicted molar refractivity (Wildman–Crippen MR) is 72.1 cm³/mol. The molecule has 0 spiro atoms. The maximum Gasteiger partial charge on any atom is 0.269 e. The highest BCUT2D eigenvalue weighted by Gasteiger charge is 2.11. The van der Waals surface area contributed by atoms with Crippen LogP contribution in [0.2, 0.25) is 0 Å². The monoisotopic (exact) mass is 324 g/mol. The first-order valence-corrected chi connectivity index (χ1v) is 5.98. The zero-order valence-corrected chi connectivity index (χ0v) is 11.4. The van der Waals surface area contributed by atoms with Crippen molar-refractivity contribution >= 4 is 27.6 Å². The number of halogens is 1. The second-order valence-electron chi connectivity index (χ2n) is 3.64. The highest BCUT2D eigenvalue weighted by atomic mass is 79.9. The quantitative estimate of drug-likeness (QED) is 0.687. The van der Waals surface area contributed by atoms with Crippen molar-refractivity contribution in [3.63, 3.8) is 0 Å². The molecule has 0 aliphatic heterocycles. The zero-order chi connectivity index (χ0) is 14.0. The standard InChI is InChI=1S/C11H9BrN4O3/c1-6-9(12)10(15-11(13)14-6)19-8-4-2-7(3-5-8)16(17)18/h2-5H,1H3,(H2,13,14,15). The fourth-order valence-corrected chi connectivity index (χ4v) is 1.63. The fourth-order valence-electron chi connectivity index (χ4n) is 1.37. The molecule has 7 nitrogen and oxygen atoms in total. The molecule has 0 saturated heterocycles. The maximum atomic E-state index is 10.5. The molecule has 0 unspecified atom stereocenters. The average Bonchev–Trinajstić information content (AvgIpc) is 2.36. The molecule has 0 aliphatic rings. The number of ether oxygens (including phenoxy) is 1. The van der Waals surface area contributed by atoms with Crippen LogP contribution in [0.5, 0.6) is 11.6 Å². The van der Waals surface area contributed by atoms with E-state index >= 15 is 0 Å². The number of nitrogens with zero attached hydrogens (tertiary/aromatic N) is 3. The summed E-state index contributed by atoms with van der Waals surface area (Å²) in [5.74, 6) is 0.778. The number of nitrogens with two attached hydrogens (primary N) is 1. The first-order chi connectivity index (χ1) is 8.97. The summed E-state index contributed by atoms with van der Waals surface area (Å²) in [6.07, 6.45) is 0. The van der Waals surface area contributed by atoms with Crippen molar-refractivity contribution < 1.29 is 9.66 Å². The van der Waals surface area contributed by atoms with Gasteiger partial charge in [0.1, 0.15) is 10.2 Å². The van der Waals surface area contributed by atoms with Crippen molar-refractivity contribution in [3.05, 3.63) is 44.5 Å². The van der Waals surface area contributed by atoms with Gasteiger partial charge in [0.25, 0.3) is 5.69 Å². The first kappa shape index (κ1) is 13.2. The number of nitro groups is 1. The number of non-ortho nitro benzene ring substituents is 1. The third-order valence-electron chi connectivity index (χ3n) is 2.27. The normalized spacial score (nSPS) is 10.2. The molecule has 0 amide bonds. The van der Waals surface area contributed by atoms with Crippen LogP contribution in [0, 0.1) is 17.0 Å². The molecular formula is C11H9BrN4O3. The third-order valence-corrected chi connectivity index (χ3v) is 3.18. The Morgan fingerprint density at radius 2 is 1.95 bits per heavy atom. The minimum Gasteiger partial charge on any atom is -0.438 e. The van der Waals surface area contributed by atoms with Crippen molar-refractivity contribution in [2.45, 2.75) is 6.92 Å². The summed E-state index contributed by atoms with van der Waals surface area (Å²) in [6.45, 7) is 1.75. The van der Waals surface area contributed by atoms with Gasteiger partial charge in [-0.2, -0.15) is 4.98 Å². The van der Waals surface area contributed by atoms with Crippen LogP contribution in [0.15, 0.2) is 28.7 Å². The molecule has 8 heteroatoms. The summed E-state index contributed by atoms with van der Waals surface area (Å²) in [4.78, 5) is 18.0. The van der Waals surface area contributed by atoms with Crippen LogP contribution in [0.4, 0.5) is 11.6 Å². The maximum absolute atomic E-state index is 10.5. The van der Waals surface area contributed by atoms with Gasteiger partial charge in [0.15, 0.2) is 0 Å². The number of anilines is 1. The summed E-state index contributed by atoms with van der Waals surface area (Å²) < 4.78 is 6.09. The lowest BCUT2D eigenvalue weighted by molar-refractivity contribution is -0.384. The number of nitrogen functional groups attached to an aromatic ring is 1. The topological polar surface area (TPSA) is 104 Å². The smallest absolute Gasteiger partial charge is 0.269 e. The van der Waals surface area contributed by atoms with E-state index in [1.165, 1.54) is 24.3 Å². The Balaban J connectivity index is 2.28. The number of aryl methyl sites for hydroxylation is 1. The predicted octanol–water partition coefficient (Wildman–Crippen LogP) is 2.83. The molecule has 2 aromatic rings. The van der Waals surface area contributed by atoms with Gasteiger partial charge in [-0.1, -0.05) is 0 Å². The first-order valence-electron chi connectivity index (χ1n) is 5.19. The molecule has 0 aliphatic carbocycles. The van der Waals surface area contributed by atoms with E-state index in [1.807, 2.05) is 0 Å². The molecule has 1 aromatic carbocycles. The lowest BCUT2D eigenvalue weighted by Gasteiger charge is -2.08. The summed E-state index contributed by atoms with van der Waals surface area (Å²) in [5.41, 5.74) is 6.17. The summed E-state index contributed by atoms with van der Waals surface area (Å²) in [7, 11) is 0. The van der Waals surface area contributed by atoms with E-state index in [1.54, 1.807) is 6.92 Å². The van der Waals surface area contributed by atoms with Gasteiger partial charge in [0, 0.05) is 12.1 Å². The lowest BCUT2D eigenvalue weighted by Crippen LogP contribution is -2.00. The van der Waals surface area contributed by atoms with Gasteiger partial charge in [-0.05, 0) is 35.0 Å². The number of nitro benzene ring substituents is 1. The third kappa shape index (κ3) is 2.97. The highest BCUT2D eigenvalue weighted by molar-refractivity contribution is 9.10. The van der Waals surface area contributed by atoms with E-state index in [-0.39, 0.29) is 17.5 Å². The molecule has 1 aromatic heterocycles. The van der Waals surface area contributed by atoms with Crippen molar-refractivity contribution in [2.24, 2.45) is 0 Å². The summed E-state index contributed by atoms with van der Waals surface area (Å²) in [6, 6.07) is 5.66. The van der Waals surface area contributed by atoms with Crippen LogP contribution >= 0.6 is 15.9 Å². The Morgan fingerprint density at radius 3 is 2.53 bits per heavy atom. The molecule has 2 rings (SSSR count). The number of rotatable bonds is 3. The molecule has 0 atom stereocenters. The van der Waals surface area contributed by atoms with Gasteiger partial charge < -0.3 is 10.5 Å². The second-order valence-corrected chi connectivity index (χ2v) is 4.43. The largest absolute Gasteiger partial charge is 0.438 e. The zero-order valence-electron chi connectivity index (χ0n) is 9.83. The summed E-state index contributed by atoms with van der Waals surface area (Å²) in [5, 5.41) is 10.5. The van der Waals surface area contributed by atoms with Gasteiger partial charge in [0.05, 0.1) is 10.6 Å². The Labute approximate surface area is 116 Å². The SMILES string of the molecule is Cc1nc(N)nc(Oc2ccc([N+](=O)[O-])cc2)c1Br. The average molecular weight is 325 g/mol. The molecule has 0 fully saturated rings. The molecule has 98 valence electrons. The van der Waals surface area contributed by atoms with E-state index in [9.17, 15) is 10.1 Å². The van der Waals surface area contributed by atoms with Gasteiger partial charge in [-0.3, -0.25) is 10.1 Å². The van der Waals surface area contributed by atoms with E-state index in [0.29, 0.717) is 15.9 Å².